The number of H-pyrrole nitrogens is 1. The fourth-order valence-electron chi connectivity index (χ4n) is 4.68. The highest BCUT2D eigenvalue weighted by molar-refractivity contribution is 7.92. The van der Waals surface area contributed by atoms with Gasteiger partial charge in [0.15, 0.2) is 6.10 Å². The van der Waals surface area contributed by atoms with Gasteiger partial charge in [0, 0.05) is 28.2 Å². The smallest absolute Gasteiger partial charge is 0.339 e. The lowest BCUT2D eigenvalue weighted by Crippen LogP contribution is -2.31. The van der Waals surface area contributed by atoms with E-state index in [1.807, 2.05) is 24.3 Å². The molecule has 0 fully saturated rings. The first-order chi connectivity index (χ1) is 20.3. The molecule has 5 aromatic rings. The largest absolute Gasteiger partial charge is 0.495 e. The molecular formula is C33H28N2O6S. The summed E-state index contributed by atoms with van der Waals surface area (Å²) in [6, 6.07) is 28.3. The molecule has 0 saturated heterocycles. The quantitative estimate of drug-likeness (QED) is 0.111. The lowest BCUT2D eigenvalue weighted by atomic mass is 9.99. The summed E-state index contributed by atoms with van der Waals surface area (Å²) >= 11 is 0. The molecule has 0 aliphatic heterocycles. The van der Waals surface area contributed by atoms with E-state index in [9.17, 15) is 18.0 Å². The highest BCUT2D eigenvalue weighted by atomic mass is 32.2. The van der Waals surface area contributed by atoms with Crippen molar-refractivity contribution < 1.29 is 27.5 Å². The molecule has 0 radical (unpaired) electrons. The number of para-hydroxylation sites is 3. The SMILES string of the molecule is C=CCN(c1ccccc1OC)S(=O)(=O)c1cccc(C(=O)O[C@@H](C(=O)c2c[nH]c3ccccc23)c2ccccc2)c1. The number of anilines is 1. The topological polar surface area (TPSA) is 106 Å². The van der Waals surface area contributed by atoms with Gasteiger partial charge in [-0.3, -0.25) is 9.10 Å². The Morgan fingerprint density at radius 3 is 2.40 bits per heavy atom. The summed E-state index contributed by atoms with van der Waals surface area (Å²) in [5.74, 6) is -0.897. The highest BCUT2D eigenvalue weighted by Crippen LogP contribution is 2.33. The van der Waals surface area contributed by atoms with Crippen molar-refractivity contribution in [2.24, 2.45) is 0 Å². The third kappa shape index (κ3) is 5.55. The van der Waals surface area contributed by atoms with Gasteiger partial charge in [0.1, 0.15) is 5.75 Å². The molecule has 212 valence electrons. The zero-order valence-electron chi connectivity index (χ0n) is 22.8. The van der Waals surface area contributed by atoms with Gasteiger partial charge in [-0.2, -0.15) is 0 Å². The number of benzene rings is 4. The number of hydrogen-bond donors (Lipinski definition) is 1. The number of aromatic nitrogens is 1. The number of fused-ring (bicyclic) bond motifs is 1. The Balaban J connectivity index is 1.49. The fraction of sp³-hybridized carbons (Fsp3) is 0.0909. The van der Waals surface area contributed by atoms with Gasteiger partial charge in [-0.1, -0.05) is 72.8 Å². The number of Topliss-reactive ketones (excluding diaryl/α,β-unsaturated/α-hetero) is 1. The van der Waals surface area contributed by atoms with E-state index in [0.29, 0.717) is 28.0 Å². The summed E-state index contributed by atoms with van der Waals surface area (Å²) < 4.78 is 40.0. The van der Waals surface area contributed by atoms with Crippen molar-refractivity contribution in [3.8, 4) is 5.75 Å². The van der Waals surface area contributed by atoms with Crippen LogP contribution in [0.3, 0.4) is 0 Å². The number of ether oxygens (including phenoxy) is 2. The first-order valence-electron chi connectivity index (χ1n) is 13.1. The van der Waals surface area contributed by atoms with Gasteiger partial charge in [0.05, 0.1) is 29.8 Å². The molecule has 9 heteroatoms. The summed E-state index contributed by atoms with van der Waals surface area (Å²) in [4.78, 5) is 30.2. The third-order valence-electron chi connectivity index (χ3n) is 6.73. The molecule has 0 unspecified atom stereocenters. The summed E-state index contributed by atoms with van der Waals surface area (Å²) in [5.41, 5.74) is 1.93. The number of ketones is 1. The van der Waals surface area contributed by atoms with Gasteiger partial charge in [0.25, 0.3) is 10.0 Å². The number of esters is 1. The molecule has 0 spiro atoms. The molecule has 8 nitrogen and oxygen atoms in total. The highest BCUT2D eigenvalue weighted by Gasteiger charge is 2.30. The van der Waals surface area contributed by atoms with Crippen LogP contribution in [0.1, 0.15) is 32.4 Å². The predicted molar refractivity (Wildman–Crippen MR) is 161 cm³/mol. The average molecular weight is 581 g/mol. The van der Waals surface area contributed by atoms with Crippen LogP contribution in [0.25, 0.3) is 10.9 Å². The van der Waals surface area contributed by atoms with Crippen LogP contribution in [0.2, 0.25) is 0 Å². The van der Waals surface area contributed by atoms with Gasteiger partial charge in [-0.05, 0) is 36.4 Å². The Labute approximate surface area is 243 Å². The van der Waals surface area contributed by atoms with Crippen LogP contribution in [0.4, 0.5) is 5.69 Å². The molecule has 1 N–H and O–H groups in total. The third-order valence-corrected chi connectivity index (χ3v) is 8.50. The number of aromatic amines is 1. The molecule has 0 saturated carbocycles. The van der Waals surface area contributed by atoms with Crippen molar-refractivity contribution in [1.82, 2.24) is 4.98 Å². The number of sulfonamides is 1. The maximum Gasteiger partial charge on any atom is 0.339 e. The van der Waals surface area contributed by atoms with Crippen LogP contribution in [0.15, 0.2) is 127 Å². The van der Waals surface area contributed by atoms with Crippen LogP contribution >= 0.6 is 0 Å². The number of hydrogen-bond acceptors (Lipinski definition) is 6. The van der Waals surface area contributed by atoms with Gasteiger partial charge in [-0.15, -0.1) is 6.58 Å². The Bertz CT molecular complexity index is 1860. The zero-order chi connectivity index (χ0) is 29.7. The molecule has 0 aliphatic carbocycles. The van der Waals surface area contributed by atoms with E-state index in [1.54, 1.807) is 60.8 Å². The number of rotatable bonds is 11. The van der Waals surface area contributed by atoms with E-state index in [-0.39, 0.29) is 17.0 Å². The Hall–Kier alpha value is -5.15. The molecule has 42 heavy (non-hydrogen) atoms. The summed E-state index contributed by atoms with van der Waals surface area (Å²) in [5, 5.41) is 0.700. The van der Waals surface area contributed by atoms with E-state index >= 15 is 0 Å². The average Bonchev–Trinajstić information content (AvgIpc) is 3.47. The molecule has 1 atom stereocenters. The van der Waals surface area contributed by atoms with Crippen LogP contribution in [0.5, 0.6) is 5.75 Å². The van der Waals surface area contributed by atoms with E-state index in [1.165, 1.54) is 37.5 Å². The second-order valence-electron chi connectivity index (χ2n) is 9.33. The number of carbonyl (C=O) groups excluding carboxylic acids is 2. The molecule has 5 rings (SSSR count). The van der Waals surface area contributed by atoms with Crippen molar-refractivity contribution in [2.45, 2.75) is 11.0 Å². The lowest BCUT2D eigenvalue weighted by molar-refractivity contribution is 0.0280. The Morgan fingerprint density at radius 2 is 1.64 bits per heavy atom. The predicted octanol–water partition coefficient (Wildman–Crippen LogP) is 6.34. The maximum absolute atomic E-state index is 13.8. The molecular weight excluding hydrogens is 552 g/mol. The second-order valence-corrected chi connectivity index (χ2v) is 11.2. The monoisotopic (exact) mass is 580 g/mol. The number of carbonyl (C=O) groups is 2. The van der Waals surface area contributed by atoms with E-state index in [2.05, 4.69) is 11.6 Å². The summed E-state index contributed by atoms with van der Waals surface area (Å²) in [7, 11) is -2.71. The van der Waals surface area contributed by atoms with Gasteiger partial charge in [0.2, 0.25) is 5.78 Å². The van der Waals surface area contributed by atoms with Crippen molar-refractivity contribution >= 4 is 38.4 Å². The van der Waals surface area contributed by atoms with Crippen molar-refractivity contribution in [1.29, 1.82) is 0 Å². The number of methoxy groups -OCH3 is 1. The number of nitrogens with one attached hydrogen (secondary N) is 1. The lowest BCUT2D eigenvalue weighted by Gasteiger charge is -2.25. The molecule has 1 aromatic heterocycles. The van der Waals surface area contributed by atoms with Crippen LogP contribution < -0.4 is 9.04 Å². The fourth-order valence-corrected chi connectivity index (χ4v) is 6.17. The summed E-state index contributed by atoms with van der Waals surface area (Å²) in [6.45, 7) is 3.66. The Kier molecular flexibility index (Phi) is 8.21. The van der Waals surface area contributed by atoms with Crippen LogP contribution in [0, 0.1) is 0 Å². The minimum absolute atomic E-state index is 0.0256. The van der Waals surface area contributed by atoms with Crippen LogP contribution in [-0.4, -0.2) is 38.8 Å². The second kappa shape index (κ2) is 12.2. The molecule has 0 aliphatic rings. The first-order valence-corrected chi connectivity index (χ1v) is 14.5. The van der Waals surface area contributed by atoms with Crippen LogP contribution in [-0.2, 0) is 14.8 Å². The normalized spacial score (nSPS) is 11.9. The minimum Gasteiger partial charge on any atom is -0.495 e. The zero-order valence-corrected chi connectivity index (χ0v) is 23.6. The first kappa shape index (κ1) is 28.4. The van der Waals surface area contributed by atoms with E-state index in [0.717, 1.165) is 9.82 Å². The van der Waals surface area contributed by atoms with Gasteiger partial charge < -0.3 is 14.5 Å². The molecule has 0 amide bonds. The minimum atomic E-state index is -4.16. The van der Waals surface area contributed by atoms with Crippen molar-refractivity contribution in [2.75, 3.05) is 18.0 Å². The molecule has 4 aromatic carbocycles. The van der Waals surface area contributed by atoms with Crippen molar-refractivity contribution in [3.63, 3.8) is 0 Å². The van der Waals surface area contributed by atoms with Gasteiger partial charge in [-0.25, -0.2) is 13.2 Å². The van der Waals surface area contributed by atoms with Crippen molar-refractivity contribution in [3.05, 3.63) is 139 Å². The standard InChI is InChI=1S/C33H28N2O6S/c1-3-20-35(29-18-9-10-19-30(29)40-2)42(38,39)25-15-11-14-24(21-25)33(37)41-32(23-12-5-4-6-13-23)31(36)27-22-34-28-17-8-7-16-26(27)28/h3-19,21-22,32,34H,1,20H2,2H3/t32-/m1/s1. The van der Waals surface area contributed by atoms with Gasteiger partial charge >= 0.3 is 5.97 Å². The summed E-state index contributed by atoms with van der Waals surface area (Å²) in [6.07, 6.45) is 1.79. The van der Waals surface area contributed by atoms with E-state index in [4.69, 9.17) is 9.47 Å². The maximum atomic E-state index is 13.8. The Morgan fingerprint density at radius 1 is 0.929 bits per heavy atom. The molecule has 1 heterocycles. The van der Waals surface area contributed by atoms with E-state index < -0.39 is 27.9 Å². The number of nitrogens with zero attached hydrogens (tertiary/aromatic N) is 1. The molecule has 0 bridgehead atoms.